The fraction of sp³-hybridized carbons (Fsp3) is 1.00. The summed E-state index contributed by atoms with van der Waals surface area (Å²) in [6, 6.07) is 0. The van der Waals surface area contributed by atoms with Crippen LogP contribution in [0.25, 0.3) is 0 Å². The Labute approximate surface area is 141 Å². The van der Waals surface area contributed by atoms with Crippen LogP contribution in [0, 0.1) is 0 Å². The first kappa shape index (κ1) is 23.2. The summed E-state index contributed by atoms with van der Waals surface area (Å²) in [7, 11) is -14.0. The van der Waals surface area contributed by atoms with E-state index in [4.69, 9.17) is 0 Å². The number of nitrogens with one attached hydrogen (secondary N) is 1. The summed E-state index contributed by atoms with van der Waals surface area (Å²) < 4.78 is 161. The number of nitrogens with zero attached hydrogens (tertiary/aromatic N) is 1. The van der Waals surface area contributed by atoms with Gasteiger partial charge in [0.1, 0.15) is 0 Å². The first-order valence-electron chi connectivity index (χ1n) is 6.54. The van der Waals surface area contributed by atoms with Crippen LogP contribution >= 0.6 is 0 Å². The van der Waals surface area contributed by atoms with E-state index in [-0.39, 0.29) is 17.1 Å². The molecule has 0 bridgehead atoms. The highest BCUT2D eigenvalue weighted by Gasteiger charge is 2.83. The first-order chi connectivity index (χ1) is 11.3. The van der Waals surface area contributed by atoms with E-state index in [2.05, 4.69) is 0 Å². The number of hydrogen-bond donors (Lipinski definition) is 1. The average molecular weight is 446 g/mol. The number of rotatable bonds is 6. The van der Waals surface area contributed by atoms with Gasteiger partial charge in [-0.25, -0.2) is 16.8 Å². The molecule has 0 aromatic heterocycles. The summed E-state index contributed by atoms with van der Waals surface area (Å²) >= 11 is 0. The Morgan fingerprint density at radius 2 is 1.12 bits per heavy atom. The lowest BCUT2D eigenvalue weighted by Gasteiger charge is -2.35. The lowest BCUT2D eigenvalue weighted by Crippen LogP contribution is -2.65. The van der Waals surface area contributed by atoms with Crippen LogP contribution < -0.4 is 4.72 Å². The number of alkyl halides is 9. The zero-order chi connectivity index (χ0) is 20.8. The molecule has 1 saturated heterocycles. The van der Waals surface area contributed by atoms with Crippen molar-refractivity contribution in [2.45, 2.75) is 42.0 Å². The van der Waals surface area contributed by atoms with Crippen molar-refractivity contribution in [2.24, 2.45) is 0 Å². The van der Waals surface area contributed by atoms with Crippen molar-refractivity contribution in [3.05, 3.63) is 0 Å². The van der Waals surface area contributed by atoms with Crippen LogP contribution in [0.5, 0.6) is 0 Å². The van der Waals surface area contributed by atoms with E-state index in [0.717, 1.165) is 0 Å². The number of sulfonamides is 2. The molecule has 0 aromatic carbocycles. The molecular weight excluding hydrogens is 435 g/mol. The minimum absolute atomic E-state index is 0.0643. The average Bonchev–Trinajstić information content (AvgIpc) is 2.44. The summed E-state index contributed by atoms with van der Waals surface area (Å²) in [6.07, 6.45) is -6.00. The predicted molar refractivity (Wildman–Crippen MR) is 67.3 cm³/mol. The normalized spacial score (nSPS) is 19.6. The molecule has 0 saturated carbocycles. The van der Waals surface area contributed by atoms with Crippen molar-refractivity contribution >= 4 is 20.0 Å². The molecule has 0 spiro atoms. The number of piperidine rings is 1. The quantitative estimate of drug-likeness (QED) is 0.500. The van der Waals surface area contributed by atoms with E-state index in [0.29, 0.717) is 6.42 Å². The largest absolute Gasteiger partial charge is 0.470 e. The highest BCUT2D eigenvalue weighted by Crippen LogP contribution is 2.51. The van der Waals surface area contributed by atoms with Gasteiger partial charge in [0.05, 0.1) is 0 Å². The Balaban J connectivity index is 3.40. The van der Waals surface area contributed by atoms with Crippen molar-refractivity contribution in [2.75, 3.05) is 13.1 Å². The number of hydrogen-bond acceptors (Lipinski definition) is 4. The molecule has 0 aromatic rings. The molecule has 26 heavy (non-hydrogen) atoms. The topological polar surface area (TPSA) is 83.5 Å². The van der Waals surface area contributed by atoms with Gasteiger partial charge in [0.25, 0.3) is 20.0 Å². The fourth-order valence-corrected chi connectivity index (χ4v) is 4.46. The molecule has 1 aliphatic rings. The van der Waals surface area contributed by atoms with Gasteiger partial charge < -0.3 is 0 Å². The van der Waals surface area contributed by atoms with Crippen LogP contribution in [0.15, 0.2) is 0 Å². The van der Waals surface area contributed by atoms with Crippen molar-refractivity contribution in [3.8, 4) is 0 Å². The minimum Gasteiger partial charge on any atom is -0.206 e. The van der Waals surface area contributed by atoms with E-state index in [9.17, 15) is 56.3 Å². The maximum absolute atomic E-state index is 13.8. The zero-order valence-electron chi connectivity index (χ0n) is 12.3. The third-order valence-electron chi connectivity index (χ3n) is 3.30. The van der Waals surface area contributed by atoms with E-state index >= 15 is 0 Å². The second kappa shape index (κ2) is 6.66. The molecule has 1 aliphatic heterocycles. The lowest BCUT2D eigenvalue weighted by molar-refractivity contribution is -0.246. The number of halogens is 9. The molecule has 1 N–H and O–H groups in total. The summed E-state index contributed by atoms with van der Waals surface area (Å²) in [4.78, 5) is 0. The van der Waals surface area contributed by atoms with Crippen LogP contribution in [-0.4, -0.2) is 57.0 Å². The van der Waals surface area contributed by atoms with E-state index in [1.165, 1.54) is 0 Å². The molecule has 0 atom stereocenters. The van der Waals surface area contributed by atoms with Gasteiger partial charge in [-0.2, -0.15) is 43.8 Å². The van der Waals surface area contributed by atoms with Crippen molar-refractivity contribution in [1.29, 1.82) is 0 Å². The Bertz CT molecular complexity index is 727. The van der Waals surface area contributed by atoms with Crippen LogP contribution in [0.4, 0.5) is 39.5 Å². The zero-order valence-corrected chi connectivity index (χ0v) is 14.0. The van der Waals surface area contributed by atoms with Gasteiger partial charge in [-0.15, -0.1) is 4.72 Å². The van der Waals surface area contributed by atoms with Crippen LogP contribution in [0.2, 0.25) is 0 Å². The SMILES string of the molecule is O=S(=O)(NC(F)(F)F)C(F)(F)C(F)(F)C(F)(F)S(=O)(=O)N1CCCCC1. The third-order valence-corrected chi connectivity index (χ3v) is 6.68. The summed E-state index contributed by atoms with van der Waals surface area (Å²) in [6.45, 7) is -1.46. The standard InChI is InChI=1S/C9H11F9N2O4S2/c10-6(11,7(12,13)25(21,22)19-9(16,17)18)8(14,15)26(23,24)20-4-2-1-3-5-20/h19H,1-5H2. The summed E-state index contributed by atoms with van der Waals surface area (Å²) in [5.41, 5.74) is 0. The molecule has 1 heterocycles. The van der Waals surface area contributed by atoms with Gasteiger partial charge in [0, 0.05) is 13.1 Å². The second-order valence-corrected chi connectivity index (χ2v) is 8.88. The fourth-order valence-electron chi connectivity index (χ4n) is 1.98. The van der Waals surface area contributed by atoms with Crippen LogP contribution in [-0.2, 0) is 20.0 Å². The second-order valence-electron chi connectivity index (χ2n) is 5.18. The molecule has 17 heteroatoms. The summed E-state index contributed by atoms with van der Waals surface area (Å²) in [5.74, 6) is -7.21. The Morgan fingerprint density at radius 3 is 1.50 bits per heavy atom. The molecule has 0 aliphatic carbocycles. The van der Waals surface area contributed by atoms with Gasteiger partial charge >= 0.3 is 22.7 Å². The van der Waals surface area contributed by atoms with Crippen LogP contribution in [0.1, 0.15) is 19.3 Å². The molecule has 1 rings (SSSR count). The third kappa shape index (κ3) is 3.75. The molecule has 0 unspecified atom stereocenters. The van der Waals surface area contributed by atoms with Gasteiger partial charge in [-0.05, 0) is 12.8 Å². The summed E-state index contributed by atoms with van der Waals surface area (Å²) in [5, 5.41) is -13.8. The van der Waals surface area contributed by atoms with E-state index in [1.54, 1.807) is 0 Å². The molecule has 0 radical (unpaired) electrons. The molecule has 156 valence electrons. The maximum atomic E-state index is 13.8. The Kier molecular flexibility index (Phi) is 5.95. The van der Waals surface area contributed by atoms with Crippen LogP contribution in [0.3, 0.4) is 0 Å². The van der Waals surface area contributed by atoms with Gasteiger partial charge in [-0.3, -0.25) is 0 Å². The maximum Gasteiger partial charge on any atom is 0.470 e. The highest BCUT2D eigenvalue weighted by atomic mass is 32.2. The Hall–Kier alpha value is -0.810. The van der Waals surface area contributed by atoms with Gasteiger partial charge in [0.2, 0.25) is 0 Å². The molecular formula is C9H11F9N2O4S2. The van der Waals surface area contributed by atoms with E-state index < -0.39 is 60.6 Å². The van der Waals surface area contributed by atoms with Crippen molar-refractivity contribution < 1.29 is 56.3 Å². The highest BCUT2D eigenvalue weighted by molar-refractivity contribution is 7.91. The van der Waals surface area contributed by atoms with E-state index in [1.807, 2.05) is 0 Å². The monoisotopic (exact) mass is 446 g/mol. The Morgan fingerprint density at radius 1 is 0.692 bits per heavy atom. The molecule has 0 amide bonds. The molecule has 1 fully saturated rings. The van der Waals surface area contributed by atoms with Gasteiger partial charge in [-0.1, -0.05) is 6.42 Å². The molecule has 6 nitrogen and oxygen atoms in total. The smallest absolute Gasteiger partial charge is 0.206 e. The first-order valence-corrected chi connectivity index (χ1v) is 9.47. The van der Waals surface area contributed by atoms with Crippen molar-refractivity contribution in [1.82, 2.24) is 9.03 Å². The predicted octanol–water partition coefficient (Wildman–Crippen LogP) is 2.06. The van der Waals surface area contributed by atoms with Gasteiger partial charge in [0.15, 0.2) is 0 Å². The van der Waals surface area contributed by atoms with Crippen molar-refractivity contribution in [3.63, 3.8) is 0 Å². The lowest BCUT2D eigenvalue weighted by atomic mass is 10.2. The minimum atomic E-state index is -7.47.